The molecule has 0 spiro atoms. The second-order valence-electron chi connectivity index (χ2n) is 4.15. The van der Waals surface area contributed by atoms with Crippen molar-refractivity contribution in [3.63, 3.8) is 0 Å². The Morgan fingerprint density at radius 3 is 2.44 bits per heavy atom. The molecule has 0 saturated carbocycles. The molecule has 0 aliphatic carbocycles. The van der Waals surface area contributed by atoms with E-state index in [0.717, 1.165) is 11.4 Å². The SMILES string of the molecule is COc1cnn(C)c1C(=O)c1cc(C)nc(C)c1. The maximum absolute atomic E-state index is 12.4. The average Bonchev–Trinajstić information content (AvgIpc) is 2.68. The predicted molar refractivity (Wildman–Crippen MR) is 66.9 cm³/mol. The van der Waals surface area contributed by atoms with E-state index in [1.807, 2.05) is 13.8 Å². The molecule has 2 heterocycles. The Balaban J connectivity index is 2.50. The largest absolute Gasteiger partial charge is 0.493 e. The summed E-state index contributed by atoms with van der Waals surface area (Å²) in [5.41, 5.74) is 2.68. The van der Waals surface area contributed by atoms with Crippen molar-refractivity contribution in [1.29, 1.82) is 0 Å². The lowest BCUT2D eigenvalue weighted by atomic mass is 10.1. The summed E-state index contributed by atoms with van der Waals surface area (Å²) in [6.45, 7) is 3.73. The molecule has 0 aromatic carbocycles. The molecule has 0 aliphatic rings. The van der Waals surface area contributed by atoms with Crippen LogP contribution >= 0.6 is 0 Å². The summed E-state index contributed by atoms with van der Waals surface area (Å²) < 4.78 is 6.67. The molecule has 0 N–H and O–H groups in total. The Hall–Kier alpha value is -2.17. The summed E-state index contributed by atoms with van der Waals surface area (Å²) in [5.74, 6) is 0.370. The van der Waals surface area contributed by atoms with Crippen LogP contribution in [0.15, 0.2) is 18.3 Å². The highest BCUT2D eigenvalue weighted by Gasteiger charge is 2.19. The van der Waals surface area contributed by atoms with Crippen LogP contribution in [0.1, 0.15) is 27.4 Å². The van der Waals surface area contributed by atoms with Crippen LogP contribution in [0.5, 0.6) is 5.75 Å². The number of ether oxygens (including phenoxy) is 1. The quantitative estimate of drug-likeness (QED) is 0.772. The number of rotatable bonds is 3. The summed E-state index contributed by atoms with van der Waals surface area (Å²) in [7, 11) is 3.24. The summed E-state index contributed by atoms with van der Waals surface area (Å²) in [4.78, 5) is 16.7. The zero-order chi connectivity index (χ0) is 13.3. The second kappa shape index (κ2) is 4.60. The van der Waals surface area contributed by atoms with Gasteiger partial charge in [0, 0.05) is 24.0 Å². The Bertz CT molecular complexity index is 582. The monoisotopic (exact) mass is 245 g/mol. The fraction of sp³-hybridized carbons (Fsp3) is 0.308. The van der Waals surface area contributed by atoms with Crippen molar-refractivity contribution >= 4 is 5.78 Å². The van der Waals surface area contributed by atoms with E-state index >= 15 is 0 Å². The Morgan fingerprint density at radius 2 is 1.89 bits per heavy atom. The first-order valence-corrected chi connectivity index (χ1v) is 5.59. The molecule has 0 amide bonds. The minimum atomic E-state index is -0.111. The highest BCUT2D eigenvalue weighted by atomic mass is 16.5. The Kier molecular flexibility index (Phi) is 3.14. The smallest absolute Gasteiger partial charge is 0.214 e. The summed E-state index contributed by atoms with van der Waals surface area (Å²) >= 11 is 0. The Labute approximate surface area is 105 Å². The van der Waals surface area contributed by atoms with Gasteiger partial charge in [0.15, 0.2) is 11.4 Å². The molecule has 0 radical (unpaired) electrons. The molecule has 2 aromatic heterocycles. The van der Waals surface area contributed by atoms with Gasteiger partial charge in [0.25, 0.3) is 0 Å². The molecule has 0 unspecified atom stereocenters. The van der Waals surface area contributed by atoms with Crippen molar-refractivity contribution in [1.82, 2.24) is 14.8 Å². The second-order valence-corrected chi connectivity index (χ2v) is 4.15. The van der Waals surface area contributed by atoms with E-state index in [0.29, 0.717) is 17.0 Å². The standard InChI is InChI=1S/C13H15N3O2/c1-8-5-10(6-9(2)15-8)13(17)12-11(18-4)7-14-16(12)3/h5-7H,1-4H3. The average molecular weight is 245 g/mol. The summed E-state index contributed by atoms with van der Waals surface area (Å²) in [6.07, 6.45) is 1.54. The van der Waals surface area contributed by atoms with E-state index in [2.05, 4.69) is 10.1 Å². The number of carbonyl (C=O) groups excluding carboxylic acids is 1. The minimum absolute atomic E-state index is 0.111. The predicted octanol–water partition coefficient (Wildman–Crippen LogP) is 1.67. The molecule has 0 fully saturated rings. The van der Waals surface area contributed by atoms with E-state index in [4.69, 9.17) is 4.74 Å². The molecular formula is C13H15N3O2. The number of aromatic nitrogens is 3. The number of nitrogens with zero attached hydrogens (tertiary/aromatic N) is 3. The van der Waals surface area contributed by atoms with E-state index < -0.39 is 0 Å². The maximum atomic E-state index is 12.4. The van der Waals surface area contributed by atoms with Crippen LogP contribution in [-0.4, -0.2) is 27.7 Å². The van der Waals surface area contributed by atoms with E-state index in [-0.39, 0.29) is 5.78 Å². The van der Waals surface area contributed by atoms with E-state index in [1.165, 1.54) is 18.0 Å². The molecule has 0 bridgehead atoms. The van der Waals surface area contributed by atoms with Gasteiger partial charge in [-0.05, 0) is 26.0 Å². The number of hydrogen-bond donors (Lipinski definition) is 0. The number of carbonyl (C=O) groups is 1. The zero-order valence-corrected chi connectivity index (χ0v) is 10.9. The van der Waals surface area contributed by atoms with Gasteiger partial charge in [0.1, 0.15) is 0 Å². The lowest BCUT2D eigenvalue weighted by Crippen LogP contribution is -2.10. The third kappa shape index (κ3) is 2.11. The number of hydrogen-bond acceptors (Lipinski definition) is 4. The van der Waals surface area contributed by atoms with Gasteiger partial charge in [-0.25, -0.2) is 0 Å². The number of ketones is 1. The topological polar surface area (TPSA) is 57.0 Å². The zero-order valence-electron chi connectivity index (χ0n) is 10.9. The maximum Gasteiger partial charge on any atom is 0.214 e. The normalized spacial score (nSPS) is 10.4. The first-order valence-electron chi connectivity index (χ1n) is 5.59. The third-order valence-corrected chi connectivity index (χ3v) is 2.68. The highest BCUT2D eigenvalue weighted by Crippen LogP contribution is 2.21. The van der Waals surface area contributed by atoms with Gasteiger partial charge in [0.2, 0.25) is 5.78 Å². The fourth-order valence-corrected chi connectivity index (χ4v) is 1.93. The summed E-state index contributed by atoms with van der Waals surface area (Å²) in [5, 5.41) is 4.03. The molecular weight excluding hydrogens is 230 g/mol. The third-order valence-electron chi connectivity index (χ3n) is 2.68. The highest BCUT2D eigenvalue weighted by molar-refractivity contribution is 6.09. The van der Waals surface area contributed by atoms with Crippen molar-refractivity contribution in [2.45, 2.75) is 13.8 Å². The van der Waals surface area contributed by atoms with Crippen molar-refractivity contribution in [2.24, 2.45) is 7.05 Å². The number of pyridine rings is 1. The summed E-state index contributed by atoms with van der Waals surface area (Å²) in [6, 6.07) is 3.53. The fourth-order valence-electron chi connectivity index (χ4n) is 1.93. The van der Waals surface area contributed by atoms with Crippen LogP contribution in [0, 0.1) is 13.8 Å². The molecule has 18 heavy (non-hydrogen) atoms. The van der Waals surface area contributed by atoms with E-state index in [9.17, 15) is 4.79 Å². The Morgan fingerprint density at radius 1 is 1.28 bits per heavy atom. The van der Waals surface area contributed by atoms with Crippen LogP contribution in [0.2, 0.25) is 0 Å². The lowest BCUT2D eigenvalue weighted by molar-refractivity contribution is 0.102. The van der Waals surface area contributed by atoms with Gasteiger partial charge < -0.3 is 4.74 Å². The van der Waals surface area contributed by atoms with Crippen molar-refractivity contribution in [3.05, 3.63) is 41.0 Å². The first-order chi connectivity index (χ1) is 8.52. The van der Waals surface area contributed by atoms with E-state index in [1.54, 1.807) is 19.2 Å². The molecule has 5 heteroatoms. The first kappa shape index (κ1) is 12.3. The molecule has 2 rings (SSSR count). The number of methoxy groups -OCH3 is 1. The van der Waals surface area contributed by atoms with Gasteiger partial charge in [-0.3, -0.25) is 14.5 Å². The van der Waals surface area contributed by atoms with Crippen LogP contribution in [0.4, 0.5) is 0 Å². The van der Waals surface area contributed by atoms with Gasteiger partial charge in [-0.2, -0.15) is 5.10 Å². The van der Waals surface area contributed by atoms with Crippen molar-refractivity contribution in [3.8, 4) is 5.75 Å². The number of aryl methyl sites for hydroxylation is 3. The van der Waals surface area contributed by atoms with Gasteiger partial charge in [-0.15, -0.1) is 0 Å². The molecule has 5 nitrogen and oxygen atoms in total. The molecule has 0 atom stereocenters. The molecule has 94 valence electrons. The van der Waals surface area contributed by atoms with Crippen molar-refractivity contribution < 1.29 is 9.53 Å². The minimum Gasteiger partial charge on any atom is -0.493 e. The van der Waals surface area contributed by atoms with Gasteiger partial charge >= 0.3 is 0 Å². The van der Waals surface area contributed by atoms with Crippen LogP contribution < -0.4 is 4.74 Å². The van der Waals surface area contributed by atoms with Crippen LogP contribution in [-0.2, 0) is 7.05 Å². The molecule has 0 aliphatic heterocycles. The van der Waals surface area contributed by atoms with Gasteiger partial charge in [-0.1, -0.05) is 0 Å². The van der Waals surface area contributed by atoms with Crippen molar-refractivity contribution in [2.75, 3.05) is 7.11 Å². The van der Waals surface area contributed by atoms with Gasteiger partial charge in [0.05, 0.1) is 13.3 Å². The molecule has 2 aromatic rings. The lowest BCUT2D eigenvalue weighted by Gasteiger charge is -2.06. The molecule has 0 saturated heterocycles. The van der Waals surface area contributed by atoms with Crippen LogP contribution in [0.3, 0.4) is 0 Å². The van der Waals surface area contributed by atoms with Crippen LogP contribution in [0.25, 0.3) is 0 Å².